The van der Waals surface area contributed by atoms with Gasteiger partial charge in [0.15, 0.2) is 0 Å². The predicted molar refractivity (Wildman–Crippen MR) is 76.1 cm³/mol. The van der Waals surface area contributed by atoms with Crippen molar-refractivity contribution in [3.63, 3.8) is 0 Å². The van der Waals surface area contributed by atoms with Crippen LogP contribution >= 0.6 is 31.9 Å². The Morgan fingerprint density at radius 1 is 1.41 bits per heavy atom. The highest BCUT2D eigenvalue weighted by Crippen LogP contribution is 2.32. The maximum Gasteiger partial charge on any atom is 0.224 e. The molecule has 0 saturated heterocycles. The molecule has 0 spiro atoms. The summed E-state index contributed by atoms with van der Waals surface area (Å²) in [6, 6.07) is 3.88. The van der Waals surface area contributed by atoms with Gasteiger partial charge in [-0.1, -0.05) is 0 Å². The highest BCUT2D eigenvalue weighted by atomic mass is 79.9. The van der Waals surface area contributed by atoms with Crippen LogP contribution in [0, 0.1) is 6.92 Å². The molecule has 1 aromatic rings. The maximum absolute atomic E-state index is 11.6. The monoisotopic (exact) mass is 363 g/mol. The fourth-order valence-corrected chi connectivity index (χ4v) is 2.97. The lowest BCUT2D eigenvalue weighted by Gasteiger charge is -2.11. The zero-order valence-corrected chi connectivity index (χ0v) is 12.9. The molecule has 0 heterocycles. The van der Waals surface area contributed by atoms with Crippen molar-refractivity contribution in [1.82, 2.24) is 0 Å². The van der Waals surface area contributed by atoms with Crippen LogP contribution < -0.4 is 5.32 Å². The average molecular weight is 365 g/mol. The summed E-state index contributed by atoms with van der Waals surface area (Å²) in [5, 5.41) is 11.9. The summed E-state index contributed by atoms with van der Waals surface area (Å²) >= 11 is 6.82. The van der Waals surface area contributed by atoms with Gasteiger partial charge in [0.1, 0.15) is 0 Å². The van der Waals surface area contributed by atoms with E-state index in [4.69, 9.17) is 5.11 Å². The van der Waals surface area contributed by atoms with Crippen LogP contribution in [0.25, 0.3) is 0 Å². The van der Waals surface area contributed by atoms with Gasteiger partial charge in [-0.25, -0.2) is 0 Å². The number of rotatable bonds is 4. The molecule has 1 aromatic carbocycles. The molecule has 1 rings (SSSR count). The lowest BCUT2D eigenvalue weighted by Crippen LogP contribution is -2.14. The van der Waals surface area contributed by atoms with Gasteiger partial charge in [-0.05, 0) is 69.8 Å². The summed E-state index contributed by atoms with van der Waals surface area (Å²) in [4.78, 5) is 11.6. The number of benzene rings is 1. The Labute approximate surface area is 118 Å². The number of halogens is 2. The van der Waals surface area contributed by atoms with Crippen LogP contribution in [0.4, 0.5) is 5.69 Å². The van der Waals surface area contributed by atoms with Crippen LogP contribution in [0.15, 0.2) is 21.1 Å². The Morgan fingerprint density at radius 3 is 2.41 bits per heavy atom. The molecule has 1 unspecified atom stereocenters. The molecule has 3 nitrogen and oxygen atoms in total. The van der Waals surface area contributed by atoms with Gasteiger partial charge in [0, 0.05) is 15.4 Å². The smallest absolute Gasteiger partial charge is 0.224 e. The number of carbonyl (C=O) groups excluding carboxylic acids is 1. The second kappa shape index (κ2) is 6.52. The van der Waals surface area contributed by atoms with Gasteiger partial charge in [-0.3, -0.25) is 4.79 Å². The topological polar surface area (TPSA) is 49.3 Å². The first-order valence-corrected chi connectivity index (χ1v) is 6.92. The minimum Gasteiger partial charge on any atom is -0.393 e. The number of amides is 1. The van der Waals surface area contributed by atoms with Crippen molar-refractivity contribution < 1.29 is 9.90 Å². The SMILES string of the molecule is Cc1cc(Br)c(NC(=O)CCC(C)O)c(Br)c1. The Balaban J connectivity index is 2.72. The largest absolute Gasteiger partial charge is 0.393 e. The number of nitrogens with one attached hydrogen (secondary N) is 1. The Bertz CT molecular complexity index is 396. The molecule has 17 heavy (non-hydrogen) atoms. The van der Waals surface area contributed by atoms with Crippen molar-refractivity contribution in [3.8, 4) is 0 Å². The molecule has 0 aromatic heterocycles. The first-order valence-electron chi connectivity index (χ1n) is 5.33. The molecule has 0 saturated carbocycles. The van der Waals surface area contributed by atoms with Crippen molar-refractivity contribution in [2.75, 3.05) is 5.32 Å². The zero-order valence-electron chi connectivity index (χ0n) is 9.76. The molecule has 1 amide bonds. The number of aliphatic hydroxyl groups is 1. The molecule has 0 bridgehead atoms. The normalized spacial score (nSPS) is 12.3. The summed E-state index contributed by atoms with van der Waals surface area (Å²) in [6.07, 6.45) is 0.322. The Morgan fingerprint density at radius 2 is 1.94 bits per heavy atom. The standard InChI is InChI=1S/C12H15Br2NO2/c1-7-5-9(13)12(10(14)6-7)15-11(17)4-3-8(2)16/h5-6,8,16H,3-4H2,1-2H3,(H,15,17). The average Bonchev–Trinajstić information content (AvgIpc) is 2.20. The number of hydrogen-bond donors (Lipinski definition) is 2. The van der Waals surface area contributed by atoms with E-state index in [1.807, 2.05) is 19.1 Å². The maximum atomic E-state index is 11.6. The lowest BCUT2D eigenvalue weighted by molar-refractivity contribution is -0.116. The summed E-state index contributed by atoms with van der Waals surface area (Å²) in [6.45, 7) is 3.65. The number of anilines is 1. The van der Waals surface area contributed by atoms with E-state index in [0.29, 0.717) is 12.8 Å². The third-order valence-corrected chi connectivity index (χ3v) is 3.49. The predicted octanol–water partition coefficient (Wildman–Crippen LogP) is 3.62. The summed E-state index contributed by atoms with van der Waals surface area (Å²) in [7, 11) is 0. The van der Waals surface area contributed by atoms with Gasteiger partial charge in [0.05, 0.1) is 11.8 Å². The van der Waals surface area contributed by atoms with Gasteiger partial charge in [-0.2, -0.15) is 0 Å². The van der Waals surface area contributed by atoms with E-state index < -0.39 is 6.10 Å². The van der Waals surface area contributed by atoms with Gasteiger partial charge in [0.25, 0.3) is 0 Å². The van der Waals surface area contributed by atoms with E-state index in [2.05, 4.69) is 37.2 Å². The minimum atomic E-state index is -0.453. The quantitative estimate of drug-likeness (QED) is 0.857. The molecule has 94 valence electrons. The molecule has 0 aliphatic rings. The van der Waals surface area contributed by atoms with Crippen LogP contribution in [0.1, 0.15) is 25.3 Å². The van der Waals surface area contributed by atoms with Crippen molar-refractivity contribution in [3.05, 3.63) is 26.6 Å². The fraction of sp³-hybridized carbons (Fsp3) is 0.417. The molecule has 5 heteroatoms. The minimum absolute atomic E-state index is 0.101. The lowest BCUT2D eigenvalue weighted by atomic mass is 10.2. The van der Waals surface area contributed by atoms with Crippen LogP contribution in [0.3, 0.4) is 0 Å². The highest BCUT2D eigenvalue weighted by molar-refractivity contribution is 9.11. The number of carbonyl (C=O) groups is 1. The van der Waals surface area contributed by atoms with Gasteiger partial charge < -0.3 is 10.4 Å². The molecule has 0 radical (unpaired) electrons. The first-order chi connectivity index (χ1) is 7.90. The second-order valence-corrected chi connectivity index (χ2v) is 5.75. The van der Waals surface area contributed by atoms with Gasteiger partial charge in [0.2, 0.25) is 5.91 Å². The van der Waals surface area contributed by atoms with Crippen LogP contribution in [0.5, 0.6) is 0 Å². The van der Waals surface area contributed by atoms with Crippen molar-refractivity contribution in [2.24, 2.45) is 0 Å². The van der Waals surface area contributed by atoms with E-state index in [-0.39, 0.29) is 5.91 Å². The molecule has 2 N–H and O–H groups in total. The third kappa shape index (κ3) is 4.77. The molecule has 1 atom stereocenters. The summed E-state index contributed by atoms with van der Waals surface area (Å²) in [5.74, 6) is -0.101. The van der Waals surface area contributed by atoms with Gasteiger partial charge in [-0.15, -0.1) is 0 Å². The zero-order chi connectivity index (χ0) is 13.0. The summed E-state index contributed by atoms with van der Waals surface area (Å²) < 4.78 is 1.68. The first kappa shape index (κ1) is 14.7. The number of hydrogen-bond acceptors (Lipinski definition) is 2. The van der Waals surface area contributed by atoms with Crippen molar-refractivity contribution in [2.45, 2.75) is 32.8 Å². The molecule has 0 aliphatic carbocycles. The van der Waals surface area contributed by atoms with E-state index >= 15 is 0 Å². The molecular formula is C12H15Br2NO2. The number of aliphatic hydroxyl groups excluding tert-OH is 1. The summed E-state index contributed by atoms with van der Waals surface area (Å²) in [5.41, 5.74) is 1.83. The molecule has 0 aliphatic heterocycles. The Hall–Kier alpha value is -0.390. The number of aryl methyl sites for hydroxylation is 1. The second-order valence-electron chi connectivity index (χ2n) is 4.04. The van der Waals surface area contributed by atoms with E-state index in [9.17, 15) is 4.79 Å². The highest BCUT2D eigenvalue weighted by Gasteiger charge is 2.10. The van der Waals surface area contributed by atoms with E-state index in [1.165, 1.54) is 0 Å². The third-order valence-electron chi connectivity index (χ3n) is 2.24. The van der Waals surface area contributed by atoms with Crippen molar-refractivity contribution in [1.29, 1.82) is 0 Å². The van der Waals surface area contributed by atoms with E-state index in [0.717, 1.165) is 20.2 Å². The van der Waals surface area contributed by atoms with Crippen LogP contribution in [-0.4, -0.2) is 17.1 Å². The van der Waals surface area contributed by atoms with Crippen molar-refractivity contribution >= 4 is 43.5 Å². The fourth-order valence-electron chi connectivity index (χ4n) is 1.36. The van der Waals surface area contributed by atoms with Crippen LogP contribution in [-0.2, 0) is 4.79 Å². The van der Waals surface area contributed by atoms with E-state index in [1.54, 1.807) is 6.92 Å². The molecule has 0 fully saturated rings. The van der Waals surface area contributed by atoms with Gasteiger partial charge >= 0.3 is 0 Å². The van der Waals surface area contributed by atoms with Crippen LogP contribution in [0.2, 0.25) is 0 Å². The Kier molecular flexibility index (Phi) is 5.62. The molecular weight excluding hydrogens is 350 g/mol.